The van der Waals surface area contributed by atoms with Gasteiger partial charge in [-0.1, -0.05) is 11.6 Å². The van der Waals surface area contributed by atoms with E-state index in [-0.39, 0.29) is 5.57 Å². The Bertz CT molecular complexity index is 851. The number of carbonyl (C=O) groups is 1. The third-order valence-electron chi connectivity index (χ3n) is 3.48. The zero-order chi connectivity index (χ0) is 18.4. The Morgan fingerprint density at radius 3 is 2.28 bits per heavy atom. The van der Waals surface area contributed by atoms with Crippen LogP contribution >= 0.6 is 11.6 Å². The van der Waals surface area contributed by atoms with E-state index in [0.29, 0.717) is 33.4 Å². The molecule has 0 saturated carbocycles. The highest BCUT2D eigenvalue weighted by molar-refractivity contribution is 6.32. The predicted octanol–water partition coefficient (Wildman–Crippen LogP) is 4.16. The van der Waals surface area contributed by atoms with Gasteiger partial charge in [-0.2, -0.15) is 5.26 Å². The van der Waals surface area contributed by atoms with E-state index in [1.54, 1.807) is 36.4 Å². The second-order valence-electron chi connectivity index (χ2n) is 4.97. The number of hydrogen-bond donors (Lipinski definition) is 0. The van der Waals surface area contributed by atoms with Crippen LogP contribution in [0.25, 0.3) is 6.08 Å². The molecule has 0 aromatic heterocycles. The molecule has 2 aromatic carbocycles. The van der Waals surface area contributed by atoms with Gasteiger partial charge >= 0.3 is 0 Å². The van der Waals surface area contributed by atoms with Crippen LogP contribution in [0.4, 0.5) is 0 Å². The lowest BCUT2D eigenvalue weighted by molar-refractivity contribution is 0.104. The first-order valence-electron chi connectivity index (χ1n) is 7.26. The van der Waals surface area contributed by atoms with E-state index in [9.17, 15) is 10.1 Å². The number of ketones is 1. The molecule has 25 heavy (non-hydrogen) atoms. The molecule has 0 atom stereocenters. The van der Waals surface area contributed by atoms with Gasteiger partial charge in [-0.05, 0) is 48.0 Å². The largest absolute Gasteiger partial charge is 0.497 e. The number of nitrogens with zero attached hydrogens (tertiary/aromatic N) is 1. The van der Waals surface area contributed by atoms with Gasteiger partial charge in [0.2, 0.25) is 5.78 Å². The van der Waals surface area contributed by atoms with Crippen molar-refractivity contribution in [1.82, 2.24) is 0 Å². The van der Waals surface area contributed by atoms with E-state index in [1.165, 1.54) is 27.4 Å². The van der Waals surface area contributed by atoms with E-state index in [2.05, 4.69) is 0 Å². The monoisotopic (exact) mass is 357 g/mol. The average molecular weight is 358 g/mol. The Morgan fingerprint density at radius 2 is 1.76 bits per heavy atom. The molecule has 128 valence electrons. The Kier molecular flexibility index (Phi) is 6.04. The molecule has 0 heterocycles. The molecular formula is C19H16ClNO4. The molecule has 0 bridgehead atoms. The Hall–Kier alpha value is -2.97. The van der Waals surface area contributed by atoms with Crippen LogP contribution in [0.15, 0.2) is 42.0 Å². The fraction of sp³-hybridized carbons (Fsp3) is 0.158. The lowest BCUT2D eigenvalue weighted by atomic mass is 10.0. The van der Waals surface area contributed by atoms with Crippen molar-refractivity contribution in [3.8, 4) is 23.3 Å². The number of nitriles is 1. The SMILES string of the molecule is COc1ccc(C(=O)/C(C#N)=C\c2cc(Cl)c(OC)c(OC)c2)cc1. The van der Waals surface area contributed by atoms with Gasteiger partial charge < -0.3 is 14.2 Å². The van der Waals surface area contributed by atoms with Crippen molar-refractivity contribution in [1.29, 1.82) is 5.26 Å². The number of methoxy groups -OCH3 is 3. The van der Waals surface area contributed by atoms with Crippen LogP contribution in [-0.4, -0.2) is 27.1 Å². The molecule has 2 aromatic rings. The third kappa shape index (κ3) is 4.11. The van der Waals surface area contributed by atoms with Crippen LogP contribution in [-0.2, 0) is 0 Å². The maximum Gasteiger partial charge on any atom is 0.203 e. The highest BCUT2D eigenvalue weighted by Gasteiger charge is 2.15. The highest BCUT2D eigenvalue weighted by Crippen LogP contribution is 2.36. The minimum absolute atomic E-state index is 0.0200. The molecule has 0 aliphatic heterocycles. The fourth-order valence-electron chi connectivity index (χ4n) is 2.23. The van der Waals surface area contributed by atoms with Gasteiger partial charge in [0.05, 0.1) is 26.4 Å². The standard InChI is InChI=1S/C19H16ClNO4/c1-23-15-6-4-13(5-7-15)18(22)14(11-21)8-12-9-16(20)19(25-3)17(10-12)24-2/h4-10H,1-3H3/b14-8-. The van der Waals surface area contributed by atoms with Gasteiger partial charge in [0.1, 0.15) is 17.4 Å². The normalized spacial score (nSPS) is 10.8. The quantitative estimate of drug-likeness (QED) is 0.441. The first-order chi connectivity index (χ1) is 12.0. The first kappa shape index (κ1) is 18.4. The Labute approximate surface area is 151 Å². The highest BCUT2D eigenvalue weighted by atomic mass is 35.5. The fourth-order valence-corrected chi connectivity index (χ4v) is 2.53. The summed E-state index contributed by atoms with van der Waals surface area (Å²) in [5.41, 5.74) is 0.926. The van der Waals surface area contributed by atoms with Crippen molar-refractivity contribution >= 4 is 23.5 Å². The van der Waals surface area contributed by atoms with Gasteiger partial charge in [-0.15, -0.1) is 0 Å². The number of allylic oxidation sites excluding steroid dienone is 1. The summed E-state index contributed by atoms with van der Waals surface area (Å²) in [5, 5.41) is 9.69. The summed E-state index contributed by atoms with van der Waals surface area (Å²) in [7, 11) is 4.50. The lowest BCUT2D eigenvalue weighted by Crippen LogP contribution is -2.02. The molecule has 0 unspecified atom stereocenters. The lowest BCUT2D eigenvalue weighted by Gasteiger charge is -2.10. The molecular weight excluding hydrogens is 342 g/mol. The zero-order valence-electron chi connectivity index (χ0n) is 14.0. The van der Waals surface area contributed by atoms with Crippen molar-refractivity contribution in [2.24, 2.45) is 0 Å². The number of rotatable bonds is 6. The van der Waals surface area contributed by atoms with Crippen molar-refractivity contribution in [3.05, 3.63) is 58.1 Å². The molecule has 2 rings (SSSR count). The minimum Gasteiger partial charge on any atom is -0.497 e. The number of benzene rings is 2. The maximum absolute atomic E-state index is 12.5. The smallest absolute Gasteiger partial charge is 0.203 e. The number of hydrogen-bond acceptors (Lipinski definition) is 5. The van der Waals surface area contributed by atoms with Crippen LogP contribution in [0, 0.1) is 11.3 Å². The Morgan fingerprint density at radius 1 is 1.08 bits per heavy atom. The summed E-state index contributed by atoms with van der Waals surface area (Å²) in [6.07, 6.45) is 1.46. The van der Waals surface area contributed by atoms with Crippen LogP contribution in [0.5, 0.6) is 17.2 Å². The van der Waals surface area contributed by atoms with Gasteiger partial charge in [0.15, 0.2) is 11.5 Å². The van der Waals surface area contributed by atoms with Gasteiger partial charge in [0.25, 0.3) is 0 Å². The topological polar surface area (TPSA) is 68.6 Å². The summed E-state index contributed by atoms with van der Waals surface area (Å²) < 4.78 is 15.5. The molecule has 6 heteroatoms. The zero-order valence-corrected chi connectivity index (χ0v) is 14.8. The molecule has 0 aliphatic carbocycles. The summed E-state index contributed by atoms with van der Waals surface area (Å²) in [4.78, 5) is 12.5. The van der Waals surface area contributed by atoms with E-state index in [4.69, 9.17) is 25.8 Å². The van der Waals surface area contributed by atoms with Gasteiger partial charge in [0, 0.05) is 5.56 Å². The maximum atomic E-state index is 12.5. The number of Topliss-reactive ketones (excluding diaryl/α,β-unsaturated/α-hetero) is 1. The summed E-state index contributed by atoms with van der Waals surface area (Å²) in [5.74, 6) is 1.04. The van der Waals surface area contributed by atoms with Crippen LogP contribution in [0.1, 0.15) is 15.9 Å². The second kappa shape index (κ2) is 8.22. The van der Waals surface area contributed by atoms with E-state index >= 15 is 0 Å². The third-order valence-corrected chi connectivity index (χ3v) is 3.76. The van der Waals surface area contributed by atoms with E-state index in [0.717, 1.165) is 0 Å². The molecule has 0 radical (unpaired) electrons. The second-order valence-corrected chi connectivity index (χ2v) is 5.37. The molecule has 0 aliphatic rings. The molecule has 0 spiro atoms. The molecule has 5 nitrogen and oxygen atoms in total. The van der Waals surface area contributed by atoms with Crippen molar-refractivity contribution in [3.63, 3.8) is 0 Å². The summed E-state index contributed by atoms with van der Waals surface area (Å²) in [6, 6.07) is 11.7. The molecule has 0 saturated heterocycles. The van der Waals surface area contributed by atoms with E-state index in [1.807, 2.05) is 6.07 Å². The minimum atomic E-state index is -0.393. The molecule has 0 fully saturated rings. The average Bonchev–Trinajstić information content (AvgIpc) is 2.65. The summed E-state index contributed by atoms with van der Waals surface area (Å²) in [6.45, 7) is 0. The first-order valence-corrected chi connectivity index (χ1v) is 7.64. The number of carbonyl (C=O) groups excluding carboxylic acids is 1. The van der Waals surface area contributed by atoms with Crippen molar-refractivity contribution in [2.75, 3.05) is 21.3 Å². The predicted molar refractivity (Wildman–Crippen MR) is 95.5 cm³/mol. The van der Waals surface area contributed by atoms with Gasteiger partial charge in [-0.3, -0.25) is 4.79 Å². The van der Waals surface area contributed by atoms with Crippen molar-refractivity contribution < 1.29 is 19.0 Å². The van der Waals surface area contributed by atoms with Crippen LogP contribution in [0.3, 0.4) is 0 Å². The van der Waals surface area contributed by atoms with Crippen molar-refractivity contribution in [2.45, 2.75) is 0 Å². The van der Waals surface area contributed by atoms with Gasteiger partial charge in [-0.25, -0.2) is 0 Å². The van der Waals surface area contributed by atoms with Crippen LogP contribution < -0.4 is 14.2 Å². The number of ether oxygens (including phenoxy) is 3. The number of halogens is 1. The molecule has 0 amide bonds. The van der Waals surface area contributed by atoms with E-state index < -0.39 is 5.78 Å². The Balaban J connectivity index is 2.41. The van der Waals surface area contributed by atoms with Crippen LogP contribution in [0.2, 0.25) is 5.02 Å². The summed E-state index contributed by atoms with van der Waals surface area (Å²) >= 11 is 6.15. The molecule has 0 N–H and O–H groups in total.